The molecule has 0 unspecified atom stereocenters. The van der Waals surface area contributed by atoms with Crippen molar-refractivity contribution in [2.24, 2.45) is 0 Å². The predicted molar refractivity (Wildman–Crippen MR) is 127 cm³/mol. The molecule has 162 valence electrons. The zero-order chi connectivity index (χ0) is 21.8. The second kappa shape index (κ2) is 9.18. The van der Waals surface area contributed by atoms with Crippen LogP contribution in [0, 0.1) is 0 Å². The van der Waals surface area contributed by atoms with Crippen molar-refractivity contribution in [2.45, 2.75) is 39.0 Å². The highest BCUT2D eigenvalue weighted by Gasteiger charge is 2.23. The van der Waals surface area contributed by atoms with Gasteiger partial charge in [-0.25, -0.2) is 4.98 Å². The van der Waals surface area contributed by atoms with E-state index >= 15 is 0 Å². The fraction of sp³-hybridized carbons (Fsp3) is 0.400. The molecular formula is C25H30N4OS. The summed E-state index contributed by atoms with van der Waals surface area (Å²) < 4.78 is 4.56. The Morgan fingerprint density at radius 3 is 2.42 bits per heavy atom. The van der Waals surface area contributed by atoms with Crippen LogP contribution in [-0.2, 0) is 11.8 Å². The molecule has 2 heterocycles. The van der Waals surface area contributed by atoms with E-state index in [0.29, 0.717) is 6.54 Å². The third kappa shape index (κ3) is 5.31. The number of anilines is 1. The number of amides is 1. The van der Waals surface area contributed by atoms with E-state index in [1.807, 2.05) is 35.2 Å². The van der Waals surface area contributed by atoms with Crippen LogP contribution in [0.1, 0.15) is 54.5 Å². The number of carbonyl (C=O) groups is 1. The fourth-order valence-corrected chi connectivity index (χ4v) is 4.57. The molecule has 31 heavy (non-hydrogen) atoms. The Labute approximate surface area is 188 Å². The van der Waals surface area contributed by atoms with Crippen molar-refractivity contribution in [3.8, 4) is 0 Å². The van der Waals surface area contributed by atoms with E-state index in [2.05, 4.69) is 54.3 Å². The van der Waals surface area contributed by atoms with Gasteiger partial charge in [0.1, 0.15) is 5.82 Å². The average Bonchev–Trinajstić information content (AvgIpc) is 3.08. The maximum atomic E-state index is 13.0. The van der Waals surface area contributed by atoms with Gasteiger partial charge in [0, 0.05) is 49.7 Å². The van der Waals surface area contributed by atoms with Crippen LogP contribution in [0.2, 0.25) is 0 Å². The number of hydrogen-bond acceptors (Lipinski definition) is 5. The first-order valence-electron chi connectivity index (χ1n) is 10.9. The third-order valence-electron chi connectivity index (χ3n) is 5.71. The van der Waals surface area contributed by atoms with E-state index < -0.39 is 0 Å². The van der Waals surface area contributed by atoms with Gasteiger partial charge in [-0.1, -0.05) is 63.2 Å². The molecule has 0 atom stereocenters. The number of rotatable bonds is 4. The number of hydrogen-bond donors (Lipinski definition) is 0. The van der Waals surface area contributed by atoms with Gasteiger partial charge in [0.2, 0.25) is 5.13 Å². The highest BCUT2D eigenvalue weighted by molar-refractivity contribution is 7.09. The standard InChI is InChI=1S/C25H30N4OS/c1-25(2,3)21-12-10-20(11-13-21)23(30)28-14-7-15-29(17-16-28)24-26-22(27-31-24)18-19-8-5-4-6-9-19/h4-6,8-13H,7,14-18H2,1-3H3. The van der Waals surface area contributed by atoms with Crippen molar-refractivity contribution in [3.05, 3.63) is 77.1 Å². The Bertz CT molecular complexity index is 1010. The van der Waals surface area contributed by atoms with E-state index in [4.69, 9.17) is 4.98 Å². The quantitative estimate of drug-likeness (QED) is 0.593. The Hall–Kier alpha value is -2.73. The third-order valence-corrected chi connectivity index (χ3v) is 6.53. The fourth-order valence-electron chi connectivity index (χ4n) is 3.83. The van der Waals surface area contributed by atoms with Crippen LogP contribution < -0.4 is 4.90 Å². The molecule has 0 spiro atoms. The molecule has 4 rings (SSSR count). The van der Waals surface area contributed by atoms with Crippen molar-refractivity contribution < 1.29 is 4.79 Å². The van der Waals surface area contributed by atoms with Gasteiger partial charge in [0.15, 0.2) is 0 Å². The van der Waals surface area contributed by atoms with Crippen LogP contribution in [0.5, 0.6) is 0 Å². The lowest BCUT2D eigenvalue weighted by Gasteiger charge is -2.23. The summed E-state index contributed by atoms with van der Waals surface area (Å²) in [5.41, 5.74) is 3.32. The summed E-state index contributed by atoms with van der Waals surface area (Å²) in [6, 6.07) is 18.4. The van der Waals surface area contributed by atoms with Crippen LogP contribution in [0.15, 0.2) is 54.6 Å². The summed E-state index contributed by atoms with van der Waals surface area (Å²) in [5, 5.41) is 0.953. The summed E-state index contributed by atoms with van der Waals surface area (Å²) in [7, 11) is 0. The number of benzene rings is 2. The molecule has 0 aliphatic carbocycles. The largest absolute Gasteiger partial charge is 0.345 e. The molecule has 2 aromatic carbocycles. The molecule has 6 heteroatoms. The molecule has 1 aromatic heterocycles. The lowest BCUT2D eigenvalue weighted by atomic mass is 9.86. The van der Waals surface area contributed by atoms with Gasteiger partial charge >= 0.3 is 0 Å². The number of aromatic nitrogens is 2. The number of carbonyl (C=O) groups excluding carboxylic acids is 1. The first-order valence-corrected chi connectivity index (χ1v) is 11.7. The molecule has 0 saturated carbocycles. The van der Waals surface area contributed by atoms with E-state index in [-0.39, 0.29) is 11.3 Å². The molecule has 1 fully saturated rings. The van der Waals surface area contributed by atoms with E-state index in [1.54, 1.807) is 0 Å². The molecule has 3 aromatic rings. The van der Waals surface area contributed by atoms with Crippen molar-refractivity contribution in [2.75, 3.05) is 31.1 Å². The summed E-state index contributed by atoms with van der Waals surface area (Å²) in [4.78, 5) is 22.0. The second-order valence-electron chi connectivity index (χ2n) is 9.12. The van der Waals surface area contributed by atoms with Crippen LogP contribution in [0.25, 0.3) is 0 Å². The molecule has 0 bridgehead atoms. The molecule has 1 aliphatic rings. The highest BCUT2D eigenvalue weighted by Crippen LogP contribution is 2.24. The Balaban J connectivity index is 1.38. The maximum Gasteiger partial charge on any atom is 0.253 e. The Morgan fingerprint density at radius 2 is 1.71 bits per heavy atom. The SMILES string of the molecule is CC(C)(C)c1ccc(C(=O)N2CCCN(c3nc(Cc4ccccc4)ns3)CC2)cc1. The average molecular weight is 435 g/mol. The minimum absolute atomic E-state index is 0.0891. The van der Waals surface area contributed by atoms with Gasteiger partial charge < -0.3 is 9.80 Å². The van der Waals surface area contributed by atoms with Gasteiger partial charge in [-0.05, 0) is 35.1 Å². The van der Waals surface area contributed by atoms with Gasteiger partial charge in [-0.3, -0.25) is 4.79 Å². The molecule has 1 amide bonds. The lowest BCUT2D eigenvalue weighted by molar-refractivity contribution is 0.0767. The van der Waals surface area contributed by atoms with Gasteiger partial charge in [-0.15, -0.1) is 0 Å². The molecule has 0 N–H and O–H groups in total. The monoisotopic (exact) mass is 434 g/mol. The van der Waals surface area contributed by atoms with Gasteiger partial charge in [0.05, 0.1) is 0 Å². The molecule has 1 aliphatic heterocycles. The first-order chi connectivity index (χ1) is 14.9. The van der Waals surface area contributed by atoms with Crippen molar-refractivity contribution in [3.63, 3.8) is 0 Å². The molecule has 0 radical (unpaired) electrons. The van der Waals surface area contributed by atoms with Crippen LogP contribution in [-0.4, -0.2) is 46.3 Å². The van der Waals surface area contributed by atoms with Crippen molar-refractivity contribution in [1.82, 2.24) is 14.3 Å². The van der Waals surface area contributed by atoms with E-state index in [0.717, 1.165) is 49.0 Å². The van der Waals surface area contributed by atoms with Gasteiger partial charge in [-0.2, -0.15) is 4.37 Å². The smallest absolute Gasteiger partial charge is 0.253 e. The maximum absolute atomic E-state index is 13.0. The lowest BCUT2D eigenvalue weighted by Crippen LogP contribution is -2.35. The summed E-state index contributed by atoms with van der Waals surface area (Å²) in [6.07, 6.45) is 1.68. The molecule has 5 nitrogen and oxygen atoms in total. The minimum atomic E-state index is 0.0891. The first kappa shape index (κ1) is 21.5. The summed E-state index contributed by atoms with van der Waals surface area (Å²) in [5.74, 6) is 0.978. The Morgan fingerprint density at radius 1 is 0.968 bits per heavy atom. The molecular weight excluding hydrogens is 404 g/mol. The summed E-state index contributed by atoms with van der Waals surface area (Å²) >= 11 is 1.46. The van der Waals surface area contributed by atoms with Crippen LogP contribution in [0.4, 0.5) is 5.13 Å². The highest BCUT2D eigenvalue weighted by atomic mass is 32.1. The zero-order valence-corrected chi connectivity index (χ0v) is 19.4. The van der Waals surface area contributed by atoms with E-state index in [9.17, 15) is 4.79 Å². The molecule has 1 saturated heterocycles. The van der Waals surface area contributed by atoms with Crippen molar-refractivity contribution >= 4 is 22.6 Å². The minimum Gasteiger partial charge on any atom is -0.345 e. The van der Waals surface area contributed by atoms with Gasteiger partial charge in [0.25, 0.3) is 5.91 Å². The Kier molecular flexibility index (Phi) is 6.37. The van der Waals surface area contributed by atoms with Crippen LogP contribution in [0.3, 0.4) is 0 Å². The topological polar surface area (TPSA) is 49.3 Å². The normalized spacial score (nSPS) is 15.1. The van der Waals surface area contributed by atoms with Crippen molar-refractivity contribution in [1.29, 1.82) is 0 Å². The zero-order valence-electron chi connectivity index (χ0n) is 18.5. The predicted octanol–water partition coefficient (Wildman–Crippen LogP) is 4.78. The summed E-state index contributed by atoms with van der Waals surface area (Å²) in [6.45, 7) is 9.71. The van der Waals surface area contributed by atoms with Crippen LogP contribution >= 0.6 is 11.5 Å². The van der Waals surface area contributed by atoms with E-state index in [1.165, 1.54) is 22.7 Å². The second-order valence-corrected chi connectivity index (χ2v) is 9.85. The number of nitrogens with zero attached hydrogens (tertiary/aromatic N) is 4.